The minimum Gasteiger partial charge on any atom is -0.497 e. The molecule has 170 valence electrons. The number of ether oxygens (including phenoxy) is 1. The first-order valence-corrected chi connectivity index (χ1v) is 11.4. The molecule has 0 fully saturated rings. The molecule has 1 amide bonds. The largest absolute Gasteiger partial charge is 0.497 e. The van der Waals surface area contributed by atoms with Crippen molar-refractivity contribution in [3.05, 3.63) is 95.6 Å². The van der Waals surface area contributed by atoms with Gasteiger partial charge in [0.05, 0.1) is 12.0 Å². The number of amides is 1. The number of hydrogen-bond acceptors (Lipinski definition) is 5. The molecule has 8 heteroatoms. The second-order valence-electron chi connectivity index (χ2n) is 7.32. The molecule has 0 saturated carbocycles. The minimum absolute atomic E-state index is 0.119. The van der Waals surface area contributed by atoms with E-state index >= 15 is 0 Å². The Kier molecular flexibility index (Phi) is 7.42. The van der Waals surface area contributed by atoms with Crippen molar-refractivity contribution in [2.45, 2.75) is 4.90 Å². The van der Waals surface area contributed by atoms with Crippen LogP contribution in [0.1, 0.15) is 26.3 Å². The van der Waals surface area contributed by atoms with E-state index in [1.54, 1.807) is 61.7 Å². The van der Waals surface area contributed by atoms with Crippen LogP contribution in [0, 0.1) is 0 Å². The van der Waals surface area contributed by atoms with Crippen molar-refractivity contribution in [2.75, 3.05) is 26.5 Å². The number of benzene rings is 3. The molecule has 3 aromatic carbocycles. The molecule has 0 bridgehead atoms. The summed E-state index contributed by atoms with van der Waals surface area (Å²) in [4.78, 5) is 25.1. The Hall–Kier alpha value is -3.75. The van der Waals surface area contributed by atoms with Crippen LogP contribution in [-0.2, 0) is 10.0 Å². The zero-order valence-corrected chi connectivity index (χ0v) is 19.3. The molecular weight excluding hydrogens is 440 g/mol. The quantitative estimate of drug-likeness (QED) is 0.400. The van der Waals surface area contributed by atoms with Gasteiger partial charge in [-0.15, -0.1) is 0 Å². The van der Waals surface area contributed by atoms with Crippen LogP contribution in [0.5, 0.6) is 5.75 Å². The second kappa shape index (κ2) is 10.2. The Bertz CT molecular complexity index is 1280. The summed E-state index contributed by atoms with van der Waals surface area (Å²) in [6, 6.07) is 19.6. The van der Waals surface area contributed by atoms with Gasteiger partial charge in [-0.1, -0.05) is 18.2 Å². The standard InChI is InChI=1S/C25H24N2O5S/c1-27(2)33(30,31)23-14-10-19(11-15-23)24(28)16-7-18-5-4-6-21(17-18)26-25(29)20-8-12-22(32-3)13-9-20/h4-17H,1-3H3,(H,26,29)/b16-7+. The third-order valence-electron chi connectivity index (χ3n) is 4.84. The van der Waals surface area contributed by atoms with Gasteiger partial charge in [0, 0.05) is 30.9 Å². The number of carbonyl (C=O) groups is 2. The number of sulfonamides is 1. The lowest BCUT2D eigenvalue weighted by Gasteiger charge is -2.11. The van der Waals surface area contributed by atoms with E-state index in [2.05, 4.69) is 5.32 Å². The average Bonchev–Trinajstić information content (AvgIpc) is 2.82. The first kappa shape index (κ1) is 23.9. The fourth-order valence-electron chi connectivity index (χ4n) is 2.94. The highest BCUT2D eigenvalue weighted by molar-refractivity contribution is 7.89. The topological polar surface area (TPSA) is 92.8 Å². The third-order valence-corrected chi connectivity index (χ3v) is 6.67. The normalized spacial score (nSPS) is 11.5. The molecule has 3 aromatic rings. The van der Waals surface area contributed by atoms with E-state index in [1.165, 1.54) is 44.4 Å². The Morgan fingerprint density at radius 2 is 1.55 bits per heavy atom. The maximum atomic E-state index is 12.5. The lowest BCUT2D eigenvalue weighted by Crippen LogP contribution is -2.22. The van der Waals surface area contributed by atoms with Crippen LogP contribution in [-0.4, -0.2) is 45.6 Å². The molecule has 7 nitrogen and oxygen atoms in total. The summed E-state index contributed by atoms with van der Waals surface area (Å²) in [5, 5.41) is 2.83. The molecule has 3 rings (SSSR count). The Labute approximate surface area is 193 Å². The van der Waals surface area contributed by atoms with E-state index in [1.807, 2.05) is 0 Å². The molecule has 1 N–H and O–H groups in total. The second-order valence-corrected chi connectivity index (χ2v) is 9.47. The molecule has 0 unspecified atom stereocenters. The fraction of sp³-hybridized carbons (Fsp3) is 0.120. The number of anilines is 1. The first-order chi connectivity index (χ1) is 15.7. The molecule has 0 spiro atoms. The van der Waals surface area contributed by atoms with Crippen LogP contribution in [0.3, 0.4) is 0 Å². The van der Waals surface area contributed by atoms with Gasteiger partial charge in [0.15, 0.2) is 5.78 Å². The number of carbonyl (C=O) groups excluding carboxylic acids is 2. The van der Waals surface area contributed by atoms with Gasteiger partial charge in [-0.05, 0) is 72.3 Å². The summed E-state index contributed by atoms with van der Waals surface area (Å²) < 4.78 is 30.5. The van der Waals surface area contributed by atoms with E-state index in [4.69, 9.17) is 4.74 Å². The molecule has 0 radical (unpaired) electrons. The summed E-state index contributed by atoms with van der Waals surface area (Å²) in [6.07, 6.45) is 3.04. The minimum atomic E-state index is -3.55. The van der Waals surface area contributed by atoms with Gasteiger partial charge in [0.1, 0.15) is 5.75 Å². The van der Waals surface area contributed by atoms with E-state index in [0.717, 1.165) is 9.87 Å². The van der Waals surface area contributed by atoms with Crippen molar-refractivity contribution in [1.29, 1.82) is 0 Å². The maximum Gasteiger partial charge on any atom is 0.255 e. The van der Waals surface area contributed by atoms with Gasteiger partial charge in [0.2, 0.25) is 10.0 Å². The maximum absolute atomic E-state index is 12.5. The predicted molar refractivity (Wildman–Crippen MR) is 128 cm³/mol. The van der Waals surface area contributed by atoms with E-state index in [0.29, 0.717) is 22.6 Å². The molecule has 0 aliphatic heterocycles. The highest BCUT2D eigenvalue weighted by Gasteiger charge is 2.17. The van der Waals surface area contributed by atoms with Crippen molar-refractivity contribution in [3.8, 4) is 5.75 Å². The van der Waals surface area contributed by atoms with Crippen LogP contribution >= 0.6 is 0 Å². The average molecular weight is 465 g/mol. The lowest BCUT2D eigenvalue weighted by molar-refractivity contribution is 0.102. The first-order valence-electron chi connectivity index (χ1n) is 10.0. The van der Waals surface area contributed by atoms with Crippen molar-refractivity contribution in [1.82, 2.24) is 4.31 Å². The SMILES string of the molecule is COc1ccc(C(=O)Nc2cccc(/C=C/C(=O)c3ccc(S(=O)(=O)N(C)C)cc3)c2)cc1. The molecule has 0 atom stereocenters. The zero-order chi connectivity index (χ0) is 24.0. The van der Waals surface area contributed by atoms with Gasteiger partial charge in [-0.2, -0.15) is 0 Å². The summed E-state index contributed by atoms with van der Waals surface area (Å²) >= 11 is 0. The summed E-state index contributed by atoms with van der Waals surface area (Å²) in [6.45, 7) is 0. The van der Waals surface area contributed by atoms with Crippen LogP contribution in [0.4, 0.5) is 5.69 Å². The van der Waals surface area contributed by atoms with E-state index in [9.17, 15) is 18.0 Å². The third kappa shape index (κ3) is 5.94. The monoisotopic (exact) mass is 464 g/mol. The molecule has 0 aliphatic carbocycles. The van der Waals surface area contributed by atoms with Crippen molar-refractivity contribution in [2.24, 2.45) is 0 Å². The van der Waals surface area contributed by atoms with Gasteiger partial charge in [-0.3, -0.25) is 9.59 Å². The molecular formula is C25H24N2O5S. The van der Waals surface area contributed by atoms with Crippen molar-refractivity contribution < 1.29 is 22.7 Å². The zero-order valence-electron chi connectivity index (χ0n) is 18.5. The Morgan fingerprint density at radius 1 is 0.909 bits per heavy atom. The summed E-state index contributed by atoms with van der Waals surface area (Å²) in [7, 11) is 0.907. The van der Waals surface area contributed by atoms with Crippen LogP contribution in [0.25, 0.3) is 6.08 Å². The number of methoxy groups -OCH3 is 1. The Balaban J connectivity index is 1.68. The molecule has 33 heavy (non-hydrogen) atoms. The van der Waals surface area contributed by atoms with Gasteiger partial charge in [-0.25, -0.2) is 12.7 Å². The highest BCUT2D eigenvalue weighted by Crippen LogP contribution is 2.17. The van der Waals surface area contributed by atoms with Crippen LogP contribution in [0.15, 0.2) is 83.8 Å². The van der Waals surface area contributed by atoms with E-state index in [-0.39, 0.29) is 16.6 Å². The fourth-order valence-corrected chi connectivity index (χ4v) is 3.84. The number of rotatable bonds is 8. The number of allylic oxidation sites excluding steroid dienone is 1. The smallest absolute Gasteiger partial charge is 0.255 e. The van der Waals surface area contributed by atoms with Crippen molar-refractivity contribution >= 4 is 33.5 Å². The number of ketones is 1. The van der Waals surface area contributed by atoms with Crippen molar-refractivity contribution in [3.63, 3.8) is 0 Å². The lowest BCUT2D eigenvalue weighted by atomic mass is 10.1. The number of nitrogens with one attached hydrogen (secondary N) is 1. The molecule has 0 saturated heterocycles. The van der Waals surface area contributed by atoms with E-state index < -0.39 is 10.0 Å². The number of hydrogen-bond donors (Lipinski definition) is 1. The van der Waals surface area contributed by atoms with Crippen LogP contribution in [0.2, 0.25) is 0 Å². The molecule has 0 aliphatic rings. The van der Waals surface area contributed by atoms with Gasteiger partial charge in [0.25, 0.3) is 5.91 Å². The molecule has 0 aromatic heterocycles. The Morgan fingerprint density at radius 3 is 2.15 bits per heavy atom. The van der Waals surface area contributed by atoms with Gasteiger partial charge < -0.3 is 10.1 Å². The molecule has 0 heterocycles. The summed E-state index contributed by atoms with van der Waals surface area (Å²) in [5.41, 5.74) is 2.17. The summed E-state index contributed by atoms with van der Waals surface area (Å²) in [5.74, 6) is 0.136. The van der Waals surface area contributed by atoms with Crippen LogP contribution < -0.4 is 10.1 Å². The number of nitrogens with zero attached hydrogens (tertiary/aromatic N) is 1. The predicted octanol–water partition coefficient (Wildman–Crippen LogP) is 4.09. The van der Waals surface area contributed by atoms with Gasteiger partial charge >= 0.3 is 0 Å². The highest BCUT2D eigenvalue weighted by atomic mass is 32.2.